The van der Waals surface area contributed by atoms with E-state index in [1.54, 1.807) is 17.4 Å². The van der Waals surface area contributed by atoms with Crippen LogP contribution in [0.3, 0.4) is 0 Å². The van der Waals surface area contributed by atoms with Crippen molar-refractivity contribution in [2.75, 3.05) is 13.2 Å². The molecule has 0 aliphatic carbocycles. The van der Waals surface area contributed by atoms with Crippen LogP contribution in [0, 0.1) is 6.92 Å². The molecule has 2 heterocycles. The van der Waals surface area contributed by atoms with Crippen molar-refractivity contribution >= 4 is 41.3 Å². The third kappa shape index (κ3) is 9.22. The highest BCUT2D eigenvalue weighted by molar-refractivity contribution is 14.0. The topological polar surface area (TPSA) is 71.4 Å². The molecule has 0 unspecified atom stereocenters. The quantitative estimate of drug-likeness (QED) is 0.335. The number of aryl methyl sites for hydroxylation is 1. The van der Waals surface area contributed by atoms with Crippen molar-refractivity contribution in [2.24, 2.45) is 4.99 Å². The number of guanidine groups is 1. The average Bonchev–Trinajstić information content (AvgIpc) is 3.01. The zero-order chi connectivity index (χ0) is 19.0. The molecule has 0 aromatic carbocycles. The number of aromatic nitrogens is 2. The predicted molar refractivity (Wildman–Crippen MR) is 110 cm³/mol. The summed E-state index contributed by atoms with van der Waals surface area (Å²) < 4.78 is 41.3. The minimum atomic E-state index is -4.40. The van der Waals surface area contributed by atoms with Crippen molar-refractivity contribution in [3.05, 3.63) is 40.0 Å². The molecule has 6 nitrogen and oxygen atoms in total. The van der Waals surface area contributed by atoms with Crippen molar-refractivity contribution in [3.8, 4) is 5.88 Å². The Balaban J connectivity index is 0.00000364. The molecule has 27 heavy (non-hydrogen) atoms. The van der Waals surface area contributed by atoms with Gasteiger partial charge in [-0.15, -0.1) is 35.3 Å². The van der Waals surface area contributed by atoms with E-state index in [2.05, 4.69) is 30.3 Å². The first-order valence-electron chi connectivity index (χ1n) is 7.93. The summed E-state index contributed by atoms with van der Waals surface area (Å²) in [5.41, 5.74) is 0.694. The standard InChI is InChI=1S/C16H20F3N5OS.HI/c1-3-20-15(24-9-14-22-7-11(2)26-14)23-8-12-4-5-21-13(6-12)25-10-16(17,18)19;/h4-7H,3,8-10H2,1-2H3,(H2,20,23,24);1H. The fourth-order valence-electron chi connectivity index (χ4n) is 1.94. The smallest absolute Gasteiger partial charge is 0.422 e. The lowest BCUT2D eigenvalue weighted by Gasteiger charge is -2.11. The van der Waals surface area contributed by atoms with Gasteiger partial charge in [-0.05, 0) is 25.5 Å². The first-order valence-corrected chi connectivity index (χ1v) is 8.75. The number of aliphatic imine (C=N–C) groups is 1. The van der Waals surface area contributed by atoms with Gasteiger partial charge in [0.2, 0.25) is 5.88 Å². The fraction of sp³-hybridized carbons (Fsp3) is 0.438. The van der Waals surface area contributed by atoms with Crippen molar-refractivity contribution < 1.29 is 17.9 Å². The van der Waals surface area contributed by atoms with Gasteiger partial charge >= 0.3 is 6.18 Å². The number of hydrogen-bond donors (Lipinski definition) is 2. The molecule has 0 saturated carbocycles. The molecule has 2 rings (SSSR count). The lowest BCUT2D eigenvalue weighted by atomic mass is 10.3. The van der Waals surface area contributed by atoms with Gasteiger partial charge in [0.1, 0.15) is 5.01 Å². The first-order chi connectivity index (χ1) is 12.4. The third-order valence-electron chi connectivity index (χ3n) is 3.02. The van der Waals surface area contributed by atoms with Gasteiger partial charge in [0, 0.05) is 29.9 Å². The van der Waals surface area contributed by atoms with Crippen LogP contribution in [0.1, 0.15) is 22.4 Å². The fourth-order valence-corrected chi connectivity index (χ4v) is 2.66. The largest absolute Gasteiger partial charge is 0.468 e. The second-order valence-electron chi connectivity index (χ2n) is 5.32. The molecule has 0 spiro atoms. The van der Waals surface area contributed by atoms with Crippen molar-refractivity contribution in [2.45, 2.75) is 33.1 Å². The number of ether oxygens (including phenoxy) is 1. The van der Waals surface area contributed by atoms with E-state index in [-0.39, 0.29) is 36.4 Å². The van der Waals surface area contributed by atoms with Crippen LogP contribution in [0.5, 0.6) is 5.88 Å². The highest BCUT2D eigenvalue weighted by atomic mass is 127. The lowest BCUT2D eigenvalue weighted by molar-refractivity contribution is -0.154. The highest BCUT2D eigenvalue weighted by Gasteiger charge is 2.28. The van der Waals surface area contributed by atoms with Crippen LogP contribution in [0.25, 0.3) is 0 Å². The summed E-state index contributed by atoms with van der Waals surface area (Å²) in [6.45, 7) is 4.06. The Morgan fingerprint density at radius 2 is 2.07 bits per heavy atom. The van der Waals surface area contributed by atoms with Gasteiger partial charge in [0.25, 0.3) is 0 Å². The molecule has 0 bridgehead atoms. The van der Waals surface area contributed by atoms with Crippen LogP contribution in [0.2, 0.25) is 0 Å². The molecule has 2 aromatic rings. The molecule has 0 atom stereocenters. The van der Waals surface area contributed by atoms with Gasteiger partial charge in [0.15, 0.2) is 12.6 Å². The van der Waals surface area contributed by atoms with Gasteiger partial charge < -0.3 is 15.4 Å². The molecule has 2 aromatic heterocycles. The van der Waals surface area contributed by atoms with E-state index in [1.807, 2.05) is 20.0 Å². The summed E-state index contributed by atoms with van der Waals surface area (Å²) >= 11 is 1.60. The van der Waals surface area contributed by atoms with Crippen molar-refractivity contribution in [1.82, 2.24) is 20.6 Å². The van der Waals surface area contributed by atoms with Crippen LogP contribution in [-0.4, -0.2) is 35.3 Å². The summed E-state index contributed by atoms with van der Waals surface area (Å²) in [7, 11) is 0. The summed E-state index contributed by atoms with van der Waals surface area (Å²) in [5, 5.41) is 7.23. The molecule has 0 fully saturated rings. The lowest BCUT2D eigenvalue weighted by Crippen LogP contribution is -2.36. The summed E-state index contributed by atoms with van der Waals surface area (Å²) in [6, 6.07) is 3.13. The summed E-state index contributed by atoms with van der Waals surface area (Å²) in [4.78, 5) is 13.6. The SMILES string of the molecule is CCNC(=NCc1ccnc(OCC(F)(F)F)c1)NCc1ncc(C)s1.I. The Morgan fingerprint density at radius 3 is 2.70 bits per heavy atom. The number of nitrogens with one attached hydrogen (secondary N) is 2. The molecule has 0 amide bonds. The zero-order valence-corrected chi connectivity index (χ0v) is 18.0. The third-order valence-corrected chi connectivity index (χ3v) is 3.94. The van der Waals surface area contributed by atoms with E-state index >= 15 is 0 Å². The highest BCUT2D eigenvalue weighted by Crippen LogP contribution is 2.17. The minimum Gasteiger partial charge on any atom is -0.468 e. The maximum atomic E-state index is 12.2. The second-order valence-corrected chi connectivity index (χ2v) is 6.64. The molecular weight excluding hydrogens is 494 g/mol. The number of nitrogens with zero attached hydrogens (tertiary/aromatic N) is 3. The Kier molecular flexibility index (Phi) is 9.77. The molecule has 150 valence electrons. The van der Waals surface area contributed by atoms with E-state index in [4.69, 9.17) is 0 Å². The number of pyridine rings is 1. The molecule has 11 heteroatoms. The van der Waals surface area contributed by atoms with Gasteiger partial charge in [-0.2, -0.15) is 13.2 Å². The summed E-state index contributed by atoms with van der Waals surface area (Å²) in [6.07, 6.45) is -1.19. The molecule has 0 aliphatic heterocycles. The van der Waals surface area contributed by atoms with Gasteiger partial charge in [-0.3, -0.25) is 0 Å². The number of rotatable bonds is 7. The number of alkyl halides is 3. The Morgan fingerprint density at radius 1 is 1.30 bits per heavy atom. The van der Waals surface area contributed by atoms with Crippen LogP contribution in [0.4, 0.5) is 13.2 Å². The number of thiazole rings is 1. The van der Waals surface area contributed by atoms with E-state index in [9.17, 15) is 13.2 Å². The Labute approximate surface area is 176 Å². The van der Waals surface area contributed by atoms with Crippen LogP contribution in [0.15, 0.2) is 29.5 Å². The second kappa shape index (κ2) is 11.3. The molecule has 0 saturated heterocycles. The molecule has 2 N–H and O–H groups in total. The first kappa shape index (κ1) is 23.4. The van der Waals surface area contributed by atoms with E-state index < -0.39 is 12.8 Å². The molecule has 0 aliphatic rings. The van der Waals surface area contributed by atoms with Gasteiger partial charge in [-0.25, -0.2) is 15.0 Å². The van der Waals surface area contributed by atoms with Gasteiger partial charge in [-0.1, -0.05) is 0 Å². The minimum absolute atomic E-state index is 0. The van der Waals surface area contributed by atoms with Crippen molar-refractivity contribution in [3.63, 3.8) is 0 Å². The van der Waals surface area contributed by atoms with Crippen LogP contribution >= 0.6 is 35.3 Å². The normalized spacial score (nSPS) is 11.7. The monoisotopic (exact) mass is 515 g/mol. The Bertz CT molecular complexity index is 739. The number of hydrogen-bond acceptors (Lipinski definition) is 5. The molecule has 0 radical (unpaired) electrons. The van der Waals surface area contributed by atoms with Gasteiger partial charge in [0.05, 0.1) is 13.1 Å². The van der Waals surface area contributed by atoms with Crippen LogP contribution in [-0.2, 0) is 13.1 Å². The predicted octanol–water partition coefficient (Wildman–Crippen LogP) is 3.66. The van der Waals surface area contributed by atoms with Crippen molar-refractivity contribution in [1.29, 1.82) is 0 Å². The van der Waals surface area contributed by atoms with E-state index in [0.717, 1.165) is 9.88 Å². The maximum Gasteiger partial charge on any atom is 0.422 e. The zero-order valence-electron chi connectivity index (χ0n) is 14.8. The molecular formula is C16H21F3IN5OS. The van der Waals surface area contributed by atoms with E-state index in [1.165, 1.54) is 12.3 Å². The van der Waals surface area contributed by atoms with Crippen LogP contribution < -0.4 is 15.4 Å². The number of halogens is 4. The van der Waals surface area contributed by atoms with E-state index in [0.29, 0.717) is 24.6 Å². The maximum absolute atomic E-state index is 12.2. The summed E-state index contributed by atoms with van der Waals surface area (Å²) in [5.74, 6) is 0.515. The average molecular weight is 515 g/mol. The Hall–Kier alpha value is -1.63.